The van der Waals surface area contributed by atoms with Gasteiger partial charge in [0.15, 0.2) is 0 Å². The van der Waals surface area contributed by atoms with Gasteiger partial charge in [-0.1, -0.05) is 67.1 Å². The molecule has 0 aromatic heterocycles. The molecule has 4 rings (SSSR count). The van der Waals surface area contributed by atoms with Gasteiger partial charge in [0.05, 0.1) is 17.0 Å². The fourth-order valence-electron chi connectivity index (χ4n) is 4.01. The van der Waals surface area contributed by atoms with Gasteiger partial charge in [-0.05, 0) is 55.8 Å². The van der Waals surface area contributed by atoms with Gasteiger partial charge in [0, 0.05) is 28.9 Å². The summed E-state index contributed by atoms with van der Waals surface area (Å²) in [5.74, 6) is -0.138. The first-order valence-electron chi connectivity index (χ1n) is 11.0. The van der Waals surface area contributed by atoms with E-state index in [0.29, 0.717) is 16.6 Å². The number of hydrogen-bond donors (Lipinski definition) is 2. The molecule has 1 aliphatic rings. The molecule has 3 aromatic carbocycles. The second kappa shape index (κ2) is 9.60. The zero-order valence-corrected chi connectivity index (χ0v) is 19.4. The molecule has 1 heterocycles. The molecule has 0 spiro atoms. The average Bonchev–Trinajstić information content (AvgIpc) is 3.11. The van der Waals surface area contributed by atoms with Crippen molar-refractivity contribution in [3.8, 4) is 0 Å². The lowest BCUT2D eigenvalue weighted by Gasteiger charge is -2.24. The lowest BCUT2D eigenvalue weighted by molar-refractivity contribution is -0.110. The lowest BCUT2D eigenvalue weighted by atomic mass is 10.00. The van der Waals surface area contributed by atoms with E-state index in [1.165, 1.54) is 5.56 Å². The van der Waals surface area contributed by atoms with Crippen LogP contribution in [0.25, 0.3) is 11.3 Å². The first kappa shape index (κ1) is 22.1. The van der Waals surface area contributed by atoms with Crippen LogP contribution in [0.15, 0.2) is 72.8 Å². The fraction of sp³-hybridized carbons (Fsp3) is 0.222. The Labute approximate surface area is 194 Å². The summed E-state index contributed by atoms with van der Waals surface area (Å²) in [6.07, 6.45) is 0. The first-order chi connectivity index (χ1) is 15.5. The molecule has 0 saturated carbocycles. The van der Waals surface area contributed by atoms with Gasteiger partial charge < -0.3 is 10.6 Å². The largest absolute Gasteiger partial charge is 0.354 e. The van der Waals surface area contributed by atoms with Crippen molar-refractivity contribution in [1.29, 1.82) is 0 Å². The van der Waals surface area contributed by atoms with Crippen LogP contribution in [-0.4, -0.2) is 23.4 Å². The predicted molar refractivity (Wildman–Crippen MR) is 135 cm³/mol. The summed E-state index contributed by atoms with van der Waals surface area (Å²) < 4.78 is 0. The maximum Gasteiger partial charge on any atom is 0.258 e. The Morgan fingerprint density at radius 3 is 2.41 bits per heavy atom. The Hall–Kier alpha value is -3.08. The number of benzene rings is 3. The Morgan fingerprint density at radius 1 is 1.03 bits per heavy atom. The third-order valence-corrected chi connectivity index (χ3v) is 6.02. The van der Waals surface area contributed by atoms with Crippen LogP contribution in [-0.2, 0) is 11.3 Å². The fourth-order valence-corrected chi connectivity index (χ4v) is 4.18. The van der Waals surface area contributed by atoms with E-state index in [2.05, 4.69) is 60.6 Å². The van der Waals surface area contributed by atoms with Gasteiger partial charge in [-0.25, -0.2) is 0 Å². The van der Waals surface area contributed by atoms with Gasteiger partial charge in [-0.15, -0.1) is 0 Å². The highest BCUT2D eigenvalue weighted by Crippen LogP contribution is 2.38. The summed E-state index contributed by atoms with van der Waals surface area (Å²) >= 11 is 6.14. The molecule has 2 N–H and O–H groups in total. The Kier molecular flexibility index (Phi) is 6.63. The van der Waals surface area contributed by atoms with Crippen molar-refractivity contribution in [2.45, 2.75) is 33.4 Å². The standard InChI is InChI=1S/C27H28ClN3O/c1-4-31(18(2)3)17-19-10-13-22(14-11-19)29-26(20-8-6-5-7-9-20)25-23-15-12-21(28)16-24(23)30-27(25)32/h5-16,18,29H,4,17H2,1-3H3,(H,30,32). The van der Waals surface area contributed by atoms with Gasteiger partial charge in [0.1, 0.15) is 0 Å². The number of amides is 1. The molecule has 4 nitrogen and oxygen atoms in total. The summed E-state index contributed by atoms with van der Waals surface area (Å²) in [7, 11) is 0. The van der Waals surface area contributed by atoms with Crippen LogP contribution in [0.4, 0.5) is 11.4 Å². The molecular weight excluding hydrogens is 418 g/mol. The molecule has 164 valence electrons. The highest BCUT2D eigenvalue weighted by Gasteiger charge is 2.28. The minimum absolute atomic E-state index is 0.138. The van der Waals surface area contributed by atoms with E-state index in [-0.39, 0.29) is 5.91 Å². The van der Waals surface area contributed by atoms with Crippen molar-refractivity contribution >= 4 is 40.2 Å². The summed E-state index contributed by atoms with van der Waals surface area (Å²) in [4.78, 5) is 15.4. The van der Waals surface area contributed by atoms with Crippen molar-refractivity contribution in [2.24, 2.45) is 0 Å². The van der Waals surface area contributed by atoms with E-state index < -0.39 is 0 Å². The van der Waals surface area contributed by atoms with Crippen molar-refractivity contribution in [1.82, 2.24) is 4.90 Å². The molecule has 3 aromatic rings. The second-order valence-corrected chi connectivity index (χ2v) is 8.68. The Balaban J connectivity index is 1.70. The number of fused-ring (bicyclic) bond motifs is 1. The van der Waals surface area contributed by atoms with E-state index in [4.69, 9.17) is 11.6 Å². The predicted octanol–water partition coefficient (Wildman–Crippen LogP) is 6.50. The number of nitrogens with zero attached hydrogens (tertiary/aromatic N) is 1. The van der Waals surface area contributed by atoms with Crippen LogP contribution >= 0.6 is 11.6 Å². The molecule has 1 aliphatic heterocycles. The molecule has 5 heteroatoms. The molecule has 0 fully saturated rings. The monoisotopic (exact) mass is 445 g/mol. The zero-order valence-electron chi connectivity index (χ0n) is 18.7. The Bertz CT molecular complexity index is 1140. The van der Waals surface area contributed by atoms with E-state index in [9.17, 15) is 4.79 Å². The zero-order chi connectivity index (χ0) is 22.7. The summed E-state index contributed by atoms with van der Waals surface area (Å²) in [6.45, 7) is 8.55. The molecule has 0 unspecified atom stereocenters. The summed E-state index contributed by atoms with van der Waals surface area (Å²) in [5, 5.41) is 7.05. The number of carbonyl (C=O) groups excluding carboxylic acids is 1. The normalized spacial score (nSPS) is 14.5. The molecule has 0 aliphatic carbocycles. The van der Waals surface area contributed by atoms with Crippen molar-refractivity contribution in [3.63, 3.8) is 0 Å². The minimum Gasteiger partial charge on any atom is -0.354 e. The number of hydrogen-bond acceptors (Lipinski definition) is 3. The number of carbonyl (C=O) groups is 1. The van der Waals surface area contributed by atoms with Crippen molar-refractivity contribution in [2.75, 3.05) is 17.2 Å². The highest BCUT2D eigenvalue weighted by molar-refractivity contribution is 6.38. The maximum absolute atomic E-state index is 13.0. The molecule has 0 radical (unpaired) electrons. The second-order valence-electron chi connectivity index (χ2n) is 8.24. The van der Waals surface area contributed by atoms with Crippen LogP contribution in [0, 0.1) is 0 Å². The van der Waals surface area contributed by atoms with E-state index >= 15 is 0 Å². The third kappa shape index (κ3) is 4.72. The highest BCUT2D eigenvalue weighted by atomic mass is 35.5. The van der Waals surface area contributed by atoms with Crippen LogP contribution in [0.1, 0.15) is 37.5 Å². The van der Waals surface area contributed by atoms with Crippen molar-refractivity contribution in [3.05, 3.63) is 94.5 Å². The van der Waals surface area contributed by atoms with Gasteiger partial charge in [-0.3, -0.25) is 9.69 Å². The van der Waals surface area contributed by atoms with Gasteiger partial charge >= 0.3 is 0 Å². The number of nitrogens with one attached hydrogen (secondary N) is 2. The molecule has 1 amide bonds. The van der Waals surface area contributed by atoms with Crippen LogP contribution in [0.3, 0.4) is 0 Å². The summed E-state index contributed by atoms with van der Waals surface area (Å²) in [6, 6.07) is 24.3. The number of rotatable bonds is 7. The Morgan fingerprint density at radius 2 is 1.75 bits per heavy atom. The van der Waals surface area contributed by atoms with Gasteiger partial charge in [0.2, 0.25) is 0 Å². The van der Waals surface area contributed by atoms with Crippen LogP contribution in [0.2, 0.25) is 5.02 Å². The minimum atomic E-state index is -0.138. The smallest absolute Gasteiger partial charge is 0.258 e. The molecule has 32 heavy (non-hydrogen) atoms. The van der Waals surface area contributed by atoms with E-state index in [1.807, 2.05) is 42.5 Å². The third-order valence-electron chi connectivity index (χ3n) is 5.78. The quantitative estimate of drug-likeness (QED) is 0.408. The van der Waals surface area contributed by atoms with Gasteiger partial charge in [-0.2, -0.15) is 0 Å². The lowest BCUT2D eigenvalue weighted by Crippen LogP contribution is -2.29. The topological polar surface area (TPSA) is 44.4 Å². The maximum atomic E-state index is 13.0. The molecule has 0 saturated heterocycles. The number of halogens is 1. The first-order valence-corrected chi connectivity index (χ1v) is 11.3. The average molecular weight is 446 g/mol. The van der Waals surface area contributed by atoms with Crippen LogP contribution in [0.5, 0.6) is 0 Å². The van der Waals surface area contributed by atoms with Crippen molar-refractivity contribution < 1.29 is 4.79 Å². The number of anilines is 2. The van der Waals surface area contributed by atoms with Crippen LogP contribution < -0.4 is 10.6 Å². The van der Waals surface area contributed by atoms with Gasteiger partial charge in [0.25, 0.3) is 5.91 Å². The van der Waals surface area contributed by atoms with E-state index in [0.717, 1.165) is 41.3 Å². The molecule has 0 bridgehead atoms. The molecule has 0 atom stereocenters. The molecular formula is C27H28ClN3O. The summed E-state index contributed by atoms with van der Waals surface area (Å²) in [5.41, 5.74) is 6.11. The SMILES string of the molecule is CCN(Cc1ccc(NC(=C2C(=O)Nc3cc(Cl)ccc32)c2ccccc2)cc1)C(C)C. The van der Waals surface area contributed by atoms with E-state index in [1.54, 1.807) is 6.07 Å².